The zero-order chi connectivity index (χ0) is 10.3. The van der Waals surface area contributed by atoms with Gasteiger partial charge in [-0.1, -0.05) is 44.6 Å². The Hall–Kier alpha value is -1.03. The Bertz CT molecular complexity index is 228. The second kappa shape index (κ2) is 6.48. The summed E-state index contributed by atoms with van der Waals surface area (Å²) in [5.41, 5.74) is 1.15. The van der Waals surface area contributed by atoms with E-state index in [0.717, 1.165) is 12.0 Å². The standard InChI is InChI=1S/C12H19N/c1-5-12(9-13)11(4)8-6-7-10(2)3/h6-8,10,12H,5H2,1-4H3/b7-6+,11-8-. The van der Waals surface area contributed by atoms with Crippen molar-refractivity contribution in [3.05, 3.63) is 23.8 Å². The van der Waals surface area contributed by atoms with E-state index in [1.165, 1.54) is 0 Å². The maximum absolute atomic E-state index is 8.79. The average molecular weight is 177 g/mol. The zero-order valence-corrected chi connectivity index (χ0v) is 9.04. The van der Waals surface area contributed by atoms with Gasteiger partial charge in [0, 0.05) is 0 Å². The molecule has 13 heavy (non-hydrogen) atoms. The lowest BCUT2D eigenvalue weighted by atomic mass is 9.99. The fraction of sp³-hybridized carbons (Fsp3) is 0.583. The average Bonchev–Trinajstić information content (AvgIpc) is 2.05. The lowest BCUT2D eigenvalue weighted by molar-refractivity contribution is 0.740. The van der Waals surface area contributed by atoms with E-state index >= 15 is 0 Å². The van der Waals surface area contributed by atoms with Gasteiger partial charge in [-0.2, -0.15) is 5.26 Å². The summed E-state index contributed by atoms with van der Waals surface area (Å²) in [6.07, 6.45) is 7.11. The first-order valence-corrected chi connectivity index (χ1v) is 4.86. The molecule has 0 aliphatic carbocycles. The maximum Gasteiger partial charge on any atom is 0.0700 e. The minimum atomic E-state index is 0.0804. The van der Waals surface area contributed by atoms with E-state index in [1.54, 1.807) is 0 Å². The van der Waals surface area contributed by atoms with E-state index in [9.17, 15) is 0 Å². The molecule has 0 aromatic rings. The second-order valence-corrected chi connectivity index (χ2v) is 3.63. The second-order valence-electron chi connectivity index (χ2n) is 3.63. The van der Waals surface area contributed by atoms with Crippen LogP contribution in [0, 0.1) is 23.2 Å². The summed E-state index contributed by atoms with van der Waals surface area (Å²) in [5, 5.41) is 8.79. The van der Waals surface area contributed by atoms with Crippen LogP contribution in [0.25, 0.3) is 0 Å². The highest BCUT2D eigenvalue weighted by Gasteiger charge is 2.04. The first kappa shape index (κ1) is 12.0. The van der Waals surface area contributed by atoms with Crippen molar-refractivity contribution in [1.29, 1.82) is 5.26 Å². The van der Waals surface area contributed by atoms with Gasteiger partial charge in [-0.25, -0.2) is 0 Å². The third-order valence-electron chi connectivity index (χ3n) is 1.97. The largest absolute Gasteiger partial charge is 0.198 e. The molecule has 0 aliphatic rings. The molecule has 0 N–H and O–H groups in total. The highest BCUT2D eigenvalue weighted by Crippen LogP contribution is 2.13. The summed E-state index contributed by atoms with van der Waals surface area (Å²) in [5.74, 6) is 0.656. The lowest BCUT2D eigenvalue weighted by Crippen LogP contribution is -1.95. The summed E-state index contributed by atoms with van der Waals surface area (Å²) in [6, 6.07) is 2.29. The van der Waals surface area contributed by atoms with Crippen molar-refractivity contribution in [3.63, 3.8) is 0 Å². The Morgan fingerprint density at radius 2 is 2.08 bits per heavy atom. The molecule has 1 unspecified atom stereocenters. The molecule has 0 heterocycles. The van der Waals surface area contributed by atoms with E-state index in [4.69, 9.17) is 5.26 Å². The van der Waals surface area contributed by atoms with E-state index in [2.05, 4.69) is 26.0 Å². The SMILES string of the molecule is CCC(C#N)/C(C)=C\C=C\C(C)C. The van der Waals surface area contributed by atoms with Crippen molar-refractivity contribution < 1.29 is 0 Å². The molecule has 0 bridgehead atoms. The van der Waals surface area contributed by atoms with Crippen LogP contribution < -0.4 is 0 Å². The molecule has 0 spiro atoms. The molecule has 0 aromatic heterocycles. The number of hydrogen-bond acceptors (Lipinski definition) is 1. The van der Waals surface area contributed by atoms with Crippen LogP contribution in [-0.2, 0) is 0 Å². The minimum Gasteiger partial charge on any atom is -0.198 e. The third-order valence-corrected chi connectivity index (χ3v) is 1.97. The quantitative estimate of drug-likeness (QED) is 0.601. The van der Waals surface area contributed by atoms with Gasteiger partial charge in [-0.3, -0.25) is 0 Å². The Labute approximate surface area is 81.8 Å². The molecule has 0 aliphatic heterocycles. The van der Waals surface area contributed by atoms with Gasteiger partial charge >= 0.3 is 0 Å². The molecule has 0 rings (SSSR count). The smallest absolute Gasteiger partial charge is 0.0700 e. The molecular weight excluding hydrogens is 158 g/mol. The maximum atomic E-state index is 8.79. The van der Waals surface area contributed by atoms with Crippen molar-refractivity contribution in [2.45, 2.75) is 34.1 Å². The number of rotatable bonds is 4. The number of allylic oxidation sites excluding steroid dienone is 4. The van der Waals surface area contributed by atoms with Crippen LogP contribution in [0.3, 0.4) is 0 Å². The van der Waals surface area contributed by atoms with E-state index < -0.39 is 0 Å². The van der Waals surface area contributed by atoms with Gasteiger partial charge in [-0.05, 0) is 19.3 Å². The van der Waals surface area contributed by atoms with E-state index in [-0.39, 0.29) is 5.92 Å². The first-order valence-electron chi connectivity index (χ1n) is 4.86. The Morgan fingerprint density at radius 3 is 2.46 bits per heavy atom. The fourth-order valence-corrected chi connectivity index (χ4v) is 1.06. The highest BCUT2D eigenvalue weighted by atomic mass is 14.3. The molecule has 0 fully saturated rings. The molecule has 0 amide bonds. The Kier molecular flexibility index (Phi) is 5.97. The zero-order valence-electron chi connectivity index (χ0n) is 9.04. The fourth-order valence-electron chi connectivity index (χ4n) is 1.06. The molecular formula is C12H19N. The minimum absolute atomic E-state index is 0.0804. The van der Waals surface area contributed by atoms with Crippen LogP contribution in [-0.4, -0.2) is 0 Å². The normalized spacial score (nSPS) is 14.9. The van der Waals surface area contributed by atoms with Gasteiger partial charge in [0.2, 0.25) is 0 Å². The molecule has 1 nitrogen and oxygen atoms in total. The number of hydrogen-bond donors (Lipinski definition) is 0. The van der Waals surface area contributed by atoms with Crippen molar-refractivity contribution >= 4 is 0 Å². The molecule has 0 saturated carbocycles. The molecule has 0 radical (unpaired) electrons. The van der Waals surface area contributed by atoms with Gasteiger partial charge in [0.15, 0.2) is 0 Å². The molecule has 0 saturated heterocycles. The van der Waals surface area contributed by atoms with Crippen LogP contribution in [0.5, 0.6) is 0 Å². The molecule has 0 aromatic carbocycles. The van der Waals surface area contributed by atoms with Gasteiger partial charge in [0.1, 0.15) is 0 Å². The van der Waals surface area contributed by atoms with Gasteiger partial charge in [0.25, 0.3) is 0 Å². The van der Waals surface area contributed by atoms with Crippen LogP contribution in [0.15, 0.2) is 23.8 Å². The predicted molar refractivity (Wildman–Crippen MR) is 57.1 cm³/mol. The summed E-state index contributed by atoms with van der Waals surface area (Å²) >= 11 is 0. The number of nitriles is 1. The van der Waals surface area contributed by atoms with Gasteiger partial charge in [-0.15, -0.1) is 0 Å². The van der Waals surface area contributed by atoms with E-state index in [0.29, 0.717) is 5.92 Å². The molecule has 72 valence electrons. The van der Waals surface area contributed by atoms with Crippen molar-refractivity contribution in [2.75, 3.05) is 0 Å². The third kappa shape index (κ3) is 5.25. The lowest BCUT2D eigenvalue weighted by Gasteiger charge is -2.04. The summed E-state index contributed by atoms with van der Waals surface area (Å²) in [6.45, 7) is 8.34. The van der Waals surface area contributed by atoms with Crippen LogP contribution in [0.2, 0.25) is 0 Å². The van der Waals surface area contributed by atoms with Crippen LogP contribution in [0.1, 0.15) is 34.1 Å². The van der Waals surface area contributed by atoms with Crippen molar-refractivity contribution in [3.8, 4) is 6.07 Å². The topological polar surface area (TPSA) is 23.8 Å². The van der Waals surface area contributed by atoms with Crippen LogP contribution >= 0.6 is 0 Å². The van der Waals surface area contributed by atoms with Crippen molar-refractivity contribution in [1.82, 2.24) is 0 Å². The number of nitrogens with zero attached hydrogens (tertiary/aromatic N) is 1. The monoisotopic (exact) mass is 177 g/mol. The van der Waals surface area contributed by atoms with Gasteiger partial charge in [0.05, 0.1) is 12.0 Å². The summed E-state index contributed by atoms with van der Waals surface area (Å²) in [4.78, 5) is 0. The molecule has 1 heteroatoms. The van der Waals surface area contributed by atoms with Crippen LogP contribution in [0.4, 0.5) is 0 Å². The van der Waals surface area contributed by atoms with Gasteiger partial charge < -0.3 is 0 Å². The summed E-state index contributed by atoms with van der Waals surface area (Å²) < 4.78 is 0. The van der Waals surface area contributed by atoms with Crippen molar-refractivity contribution in [2.24, 2.45) is 11.8 Å². The molecule has 1 atom stereocenters. The summed E-state index contributed by atoms with van der Waals surface area (Å²) in [7, 11) is 0. The predicted octanol–water partition coefficient (Wildman–Crippen LogP) is 3.69. The van der Waals surface area contributed by atoms with E-state index in [1.807, 2.05) is 26.0 Å². The Balaban J connectivity index is 4.24. The first-order chi connectivity index (χ1) is 6.11. The highest BCUT2D eigenvalue weighted by molar-refractivity contribution is 5.18. The Morgan fingerprint density at radius 1 is 1.46 bits per heavy atom.